The zero-order chi connectivity index (χ0) is 15.5. The van der Waals surface area contributed by atoms with Gasteiger partial charge >= 0.3 is 0 Å². The van der Waals surface area contributed by atoms with Crippen LogP contribution in [0.1, 0.15) is 5.56 Å². The number of anilines is 1. The molecular weight excluding hydrogens is 296 g/mol. The van der Waals surface area contributed by atoms with Gasteiger partial charge in [-0.15, -0.1) is 0 Å². The highest BCUT2D eigenvalue weighted by atomic mass is 35.5. The van der Waals surface area contributed by atoms with E-state index in [0.29, 0.717) is 11.7 Å². The number of pyridine rings is 1. The fourth-order valence-electron chi connectivity index (χ4n) is 2.43. The molecule has 2 aromatic carbocycles. The van der Waals surface area contributed by atoms with Gasteiger partial charge in [0, 0.05) is 36.3 Å². The van der Waals surface area contributed by atoms with Crippen LogP contribution in [0.5, 0.6) is 5.75 Å². The highest BCUT2D eigenvalue weighted by Gasteiger charge is 2.09. The molecule has 3 aromatic rings. The van der Waals surface area contributed by atoms with Crippen LogP contribution in [0.2, 0.25) is 5.15 Å². The minimum Gasteiger partial charge on any atom is -0.497 e. The Hall–Kier alpha value is -2.26. The van der Waals surface area contributed by atoms with Gasteiger partial charge in [-0.25, -0.2) is 4.98 Å². The van der Waals surface area contributed by atoms with Gasteiger partial charge in [0.15, 0.2) is 0 Å². The Bertz CT molecular complexity index is 790. The molecule has 1 heterocycles. The number of nitrogens with zero attached hydrogens (tertiary/aromatic N) is 2. The van der Waals surface area contributed by atoms with Crippen molar-refractivity contribution in [3.05, 3.63) is 65.3 Å². The van der Waals surface area contributed by atoms with Gasteiger partial charge in [-0.05, 0) is 30.3 Å². The van der Waals surface area contributed by atoms with Crippen molar-refractivity contribution in [3.63, 3.8) is 0 Å². The highest BCUT2D eigenvalue weighted by molar-refractivity contribution is 6.30. The Kier molecular flexibility index (Phi) is 4.16. The number of halogens is 1. The molecule has 22 heavy (non-hydrogen) atoms. The van der Waals surface area contributed by atoms with E-state index in [4.69, 9.17) is 16.3 Å². The van der Waals surface area contributed by atoms with Crippen LogP contribution in [0.3, 0.4) is 0 Å². The molecule has 0 aliphatic heterocycles. The van der Waals surface area contributed by atoms with Gasteiger partial charge in [0.2, 0.25) is 0 Å². The maximum Gasteiger partial charge on any atom is 0.134 e. The van der Waals surface area contributed by atoms with Crippen molar-refractivity contribution < 1.29 is 4.74 Å². The van der Waals surface area contributed by atoms with Gasteiger partial charge in [0.05, 0.1) is 12.6 Å². The lowest BCUT2D eigenvalue weighted by molar-refractivity contribution is 0.415. The third kappa shape index (κ3) is 3.00. The molecule has 0 aliphatic carbocycles. The fourth-order valence-corrected chi connectivity index (χ4v) is 2.64. The summed E-state index contributed by atoms with van der Waals surface area (Å²) in [6.45, 7) is 0.706. The molecule has 3 rings (SSSR count). The molecule has 0 atom stereocenters. The number of rotatable bonds is 4. The molecule has 0 N–H and O–H groups in total. The lowest BCUT2D eigenvalue weighted by Crippen LogP contribution is -2.16. The minimum absolute atomic E-state index is 0.531. The molecule has 1 aromatic heterocycles. The molecule has 0 unspecified atom stereocenters. The van der Waals surface area contributed by atoms with Crippen molar-refractivity contribution in [3.8, 4) is 5.75 Å². The van der Waals surface area contributed by atoms with Crippen LogP contribution in [0.25, 0.3) is 10.9 Å². The molecule has 0 amide bonds. The van der Waals surface area contributed by atoms with E-state index in [2.05, 4.69) is 28.1 Å². The standard InChI is InChI=1S/C18H17ClN2O/c1-21(15-6-4-3-5-7-15)12-14-10-13-8-9-16(22-2)11-17(13)20-18(14)19/h3-11H,12H2,1-2H3. The van der Waals surface area contributed by atoms with Crippen molar-refractivity contribution >= 4 is 28.2 Å². The SMILES string of the molecule is COc1ccc2cc(CN(C)c3ccccc3)c(Cl)nc2c1. The average Bonchev–Trinajstić information content (AvgIpc) is 2.56. The van der Waals surface area contributed by atoms with Crippen molar-refractivity contribution in [1.82, 2.24) is 4.98 Å². The first kappa shape index (κ1) is 14.7. The van der Waals surface area contributed by atoms with Crippen LogP contribution in [0, 0.1) is 0 Å². The molecule has 112 valence electrons. The van der Waals surface area contributed by atoms with Gasteiger partial charge in [-0.2, -0.15) is 0 Å². The number of hydrogen-bond acceptors (Lipinski definition) is 3. The number of ether oxygens (including phenoxy) is 1. The molecule has 3 nitrogen and oxygen atoms in total. The third-order valence-electron chi connectivity index (χ3n) is 3.66. The Labute approximate surface area is 135 Å². The van der Waals surface area contributed by atoms with E-state index in [1.165, 1.54) is 0 Å². The van der Waals surface area contributed by atoms with Crippen molar-refractivity contribution in [2.45, 2.75) is 6.54 Å². The van der Waals surface area contributed by atoms with Crippen molar-refractivity contribution in [1.29, 1.82) is 0 Å². The van der Waals surface area contributed by atoms with Gasteiger partial charge in [-0.1, -0.05) is 29.8 Å². The molecule has 0 saturated carbocycles. The second-order valence-corrected chi connectivity index (χ2v) is 5.55. The summed E-state index contributed by atoms with van der Waals surface area (Å²) in [4.78, 5) is 6.64. The Morgan fingerprint density at radius 3 is 2.59 bits per heavy atom. The molecule has 0 bridgehead atoms. The number of methoxy groups -OCH3 is 1. The molecule has 4 heteroatoms. The number of fused-ring (bicyclic) bond motifs is 1. The van der Waals surface area contributed by atoms with Crippen LogP contribution in [0.15, 0.2) is 54.6 Å². The Morgan fingerprint density at radius 2 is 1.86 bits per heavy atom. The summed E-state index contributed by atoms with van der Waals surface area (Å²) in [5, 5.41) is 1.59. The summed E-state index contributed by atoms with van der Waals surface area (Å²) in [6.07, 6.45) is 0. The zero-order valence-electron chi connectivity index (χ0n) is 12.6. The van der Waals surface area contributed by atoms with E-state index in [1.54, 1.807) is 7.11 Å². The summed E-state index contributed by atoms with van der Waals surface area (Å²) in [5.41, 5.74) is 2.99. The summed E-state index contributed by atoms with van der Waals surface area (Å²) in [7, 11) is 3.69. The quantitative estimate of drug-likeness (QED) is 0.662. The number of aromatic nitrogens is 1. The van der Waals surface area contributed by atoms with Crippen LogP contribution in [0.4, 0.5) is 5.69 Å². The Balaban J connectivity index is 1.92. The van der Waals surface area contributed by atoms with Gasteiger partial charge in [-0.3, -0.25) is 0 Å². The summed E-state index contributed by atoms with van der Waals surface area (Å²) >= 11 is 6.35. The number of benzene rings is 2. The fraction of sp³-hybridized carbons (Fsp3) is 0.167. The molecule has 0 saturated heterocycles. The minimum atomic E-state index is 0.531. The lowest BCUT2D eigenvalue weighted by atomic mass is 10.1. The van der Waals surface area contributed by atoms with Crippen molar-refractivity contribution in [2.24, 2.45) is 0 Å². The predicted molar refractivity (Wildman–Crippen MR) is 91.9 cm³/mol. The molecule has 0 spiro atoms. The summed E-state index contributed by atoms with van der Waals surface area (Å²) < 4.78 is 5.22. The highest BCUT2D eigenvalue weighted by Crippen LogP contribution is 2.26. The van der Waals surface area contributed by atoms with Crippen LogP contribution in [-0.2, 0) is 6.54 Å². The molecule has 0 aliphatic rings. The van der Waals surface area contributed by atoms with Gasteiger partial charge in [0.25, 0.3) is 0 Å². The Morgan fingerprint density at radius 1 is 1.09 bits per heavy atom. The maximum atomic E-state index is 6.35. The molecule has 0 fully saturated rings. The van der Waals surface area contributed by atoms with E-state index in [0.717, 1.165) is 27.9 Å². The lowest BCUT2D eigenvalue weighted by Gasteiger charge is -2.20. The van der Waals surface area contributed by atoms with E-state index in [-0.39, 0.29) is 0 Å². The van der Waals surface area contributed by atoms with Crippen LogP contribution in [-0.4, -0.2) is 19.1 Å². The normalized spacial score (nSPS) is 10.7. The van der Waals surface area contributed by atoms with Crippen LogP contribution < -0.4 is 9.64 Å². The van der Waals surface area contributed by atoms with E-state index < -0.39 is 0 Å². The zero-order valence-corrected chi connectivity index (χ0v) is 13.3. The molecular formula is C18H17ClN2O. The second-order valence-electron chi connectivity index (χ2n) is 5.19. The summed E-state index contributed by atoms with van der Waals surface area (Å²) in [5.74, 6) is 0.783. The average molecular weight is 313 g/mol. The first-order chi connectivity index (χ1) is 10.7. The number of para-hydroxylation sites is 1. The third-order valence-corrected chi connectivity index (χ3v) is 3.98. The van der Waals surface area contributed by atoms with E-state index >= 15 is 0 Å². The maximum absolute atomic E-state index is 6.35. The van der Waals surface area contributed by atoms with Gasteiger partial charge < -0.3 is 9.64 Å². The second kappa shape index (κ2) is 6.24. The number of hydrogen-bond donors (Lipinski definition) is 0. The van der Waals surface area contributed by atoms with Crippen molar-refractivity contribution in [2.75, 3.05) is 19.1 Å². The van der Waals surface area contributed by atoms with Crippen LogP contribution >= 0.6 is 11.6 Å². The summed E-state index contributed by atoms with van der Waals surface area (Å²) in [6, 6.07) is 18.1. The first-order valence-electron chi connectivity index (χ1n) is 7.07. The topological polar surface area (TPSA) is 25.4 Å². The smallest absolute Gasteiger partial charge is 0.134 e. The molecule has 0 radical (unpaired) electrons. The first-order valence-corrected chi connectivity index (χ1v) is 7.44. The van der Waals surface area contributed by atoms with E-state index in [1.807, 2.05) is 43.4 Å². The predicted octanol–water partition coefficient (Wildman–Crippen LogP) is 4.53. The monoisotopic (exact) mass is 312 g/mol. The largest absolute Gasteiger partial charge is 0.497 e. The van der Waals surface area contributed by atoms with E-state index in [9.17, 15) is 0 Å². The van der Waals surface area contributed by atoms with Gasteiger partial charge in [0.1, 0.15) is 10.9 Å².